The van der Waals surface area contributed by atoms with Crippen molar-refractivity contribution in [1.82, 2.24) is 14.5 Å². The lowest BCUT2D eigenvalue weighted by Crippen LogP contribution is -2.45. The molecule has 1 fully saturated rings. The van der Waals surface area contributed by atoms with Crippen molar-refractivity contribution in [3.05, 3.63) is 18.2 Å². The number of methoxy groups -OCH3 is 1. The Kier molecular flexibility index (Phi) is 3.53. The van der Waals surface area contributed by atoms with Crippen LogP contribution in [0.1, 0.15) is 25.7 Å². The van der Waals surface area contributed by atoms with Crippen molar-refractivity contribution in [3.63, 3.8) is 0 Å². The number of anilines is 1. The van der Waals surface area contributed by atoms with Gasteiger partial charge >= 0.3 is 0 Å². The minimum absolute atomic E-state index is 0.185. The number of imidazole rings is 1. The van der Waals surface area contributed by atoms with Gasteiger partial charge in [0.15, 0.2) is 0 Å². The molecule has 1 saturated carbocycles. The zero-order valence-electron chi connectivity index (χ0n) is 13.1. The fourth-order valence-corrected chi connectivity index (χ4v) is 3.54. The van der Waals surface area contributed by atoms with Crippen LogP contribution in [0.2, 0.25) is 0 Å². The van der Waals surface area contributed by atoms with Crippen molar-refractivity contribution in [2.24, 2.45) is 0 Å². The van der Waals surface area contributed by atoms with Crippen molar-refractivity contribution >= 4 is 17.0 Å². The van der Waals surface area contributed by atoms with Crippen molar-refractivity contribution in [2.45, 2.75) is 37.8 Å². The Hall–Kier alpha value is -1.75. The third-order valence-corrected chi connectivity index (χ3v) is 4.93. The number of nitrogens with zero attached hydrogens (tertiary/aromatic N) is 3. The summed E-state index contributed by atoms with van der Waals surface area (Å²) < 4.78 is 7.54. The number of fused-ring (bicyclic) bond motifs is 1. The van der Waals surface area contributed by atoms with E-state index in [4.69, 9.17) is 10.5 Å². The van der Waals surface area contributed by atoms with Crippen LogP contribution in [0, 0.1) is 0 Å². The molecule has 1 aliphatic rings. The second-order valence-electron chi connectivity index (χ2n) is 6.21. The average molecular weight is 288 g/mol. The highest BCUT2D eigenvalue weighted by Crippen LogP contribution is 2.37. The molecule has 0 bridgehead atoms. The molecular formula is C16H24N4O. The molecule has 5 nitrogen and oxygen atoms in total. The fraction of sp³-hybridized carbons (Fsp3) is 0.562. The normalized spacial score (nSPS) is 17.7. The predicted molar refractivity (Wildman–Crippen MR) is 85.6 cm³/mol. The maximum absolute atomic E-state index is 6.19. The number of hydrogen-bond acceptors (Lipinski definition) is 4. The Labute approximate surface area is 125 Å². The summed E-state index contributed by atoms with van der Waals surface area (Å²) >= 11 is 0. The molecule has 2 aromatic rings. The molecule has 114 valence electrons. The number of likely N-dealkylation sites (N-methyl/N-ethyl adjacent to an activating group) is 1. The van der Waals surface area contributed by atoms with Crippen LogP contribution in [-0.2, 0) is 6.54 Å². The molecule has 0 amide bonds. The minimum Gasteiger partial charge on any atom is -0.494 e. The van der Waals surface area contributed by atoms with Crippen molar-refractivity contribution < 1.29 is 4.74 Å². The number of nitrogens with two attached hydrogens (primary N) is 1. The Morgan fingerprint density at radius 2 is 2.05 bits per heavy atom. The quantitative estimate of drug-likeness (QED) is 0.939. The number of para-hydroxylation sites is 1. The molecule has 0 unspecified atom stereocenters. The third kappa shape index (κ3) is 2.25. The molecule has 2 N–H and O–H groups in total. The molecule has 21 heavy (non-hydrogen) atoms. The summed E-state index contributed by atoms with van der Waals surface area (Å²) in [5, 5.41) is 0. The van der Waals surface area contributed by atoms with Gasteiger partial charge in [-0.15, -0.1) is 0 Å². The Morgan fingerprint density at radius 1 is 1.33 bits per heavy atom. The summed E-state index contributed by atoms with van der Waals surface area (Å²) in [5.41, 5.74) is 8.28. The van der Waals surface area contributed by atoms with Gasteiger partial charge in [0.1, 0.15) is 11.3 Å². The van der Waals surface area contributed by atoms with Crippen LogP contribution in [-0.4, -0.2) is 41.2 Å². The molecule has 1 aromatic carbocycles. The zero-order chi connectivity index (χ0) is 15.0. The molecule has 0 atom stereocenters. The largest absolute Gasteiger partial charge is 0.494 e. The monoisotopic (exact) mass is 288 g/mol. The van der Waals surface area contributed by atoms with Gasteiger partial charge in [0.2, 0.25) is 5.95 Å². The Morgan fingerprint density at radius 3 is 2.67 bits per heavy atom. The molecule has 1 heterocycles. The molecule has 0 radical (unpaired) electrons. The van der Waals surface area contributed by atoms with Gasteiger partial charge < -0.3 is 19.9 Å². The number of aromatic nitrogens is 2. The first-order chi connectivity index (χ1) is 10.1. The fourth-order valence-electron chi connectivity index (χ4n) is 3.54. The summed E-state index contributed by atoms with van der Waals surface area (Å²) in [4.78, 5) is 6.87. The lowest BCUT2D eigenvalue weighted by Gasteiger charge is -2.37. The van der Waals surface area contributed by atoms with Gasteiger partial charge in [-0.1, -0.05) is 18.9 Å². The van der Waals surface area contributed by atoms with E-state index in [1.807, 2.05) is 12.1 Å². The summed E-state index contributed by atoms with van der Waals surface area (Å²) in [5.74, 6) is 1.35. The third-order valence-electron chi connectivity index (χ3n) is 4.93. The molecular weight excluding hydrogens is 264 g/mol. The molecule has 1 aromatic heterocycles. The van der Waals surface area contributed by atoms with Crippen LogP contribution in [0.4, 0.5) is 5.95 Å². The van der Waals surface area contributed by atoms with E-state index < -0.39 is 0 Å². The van der Waals surface area contributed by atoms with E-state index >= 15 is 0 Å². The molecule has 3 rings (SSSR count). The van der Waals surface area contributed by atoms with Crippen LogP contribution >= 0.6 is 0 Å². The van der Waals surface area contributed by atoms with Gasteiger partial charge in [-0.25, -0.2) is 4.98 Å². The van der Waals surface area contributed by atoms with E-state index in [1.165, 1.54) is 25.7 Å². The number of hydrogen-bond donors (Lipinski definition) is 1. The van der Waals surface area contributed by atoms with Gasteiger partial charge in [0.25, 0.3) is 0 Å². The molecule has 0 aliphatic heterocycles. The highest BCUT2D eigenvalue weighted by molar-refractivity contribution is 5.84. The van der Waals surface area contributed by atoms with E-state index in [0.29, 0.717) is 5.95 Å². The average Bonchev–Trinajstić information content (AvgIpc) is 3.06. The summed E-state index contributed by atoms with van der Waals surface area (Å²) in [7, 11) is 6.00. The summed E-state index contributed by atoms with van der Waals surface area (Å²) in [6.07, 6.45) is 4.99. The highest BCUT2D eigenvalue weighted by atomic mass is 16.5. The Balaban J connectivity index is 2.06. The Bertz CT molecular complexity index is 641. The van der Waals surface area contributed by atoms with E-state index in [9.17, 15) is 0 Å². The van der Waals surface area contributed by atoms with Gasteiger partial charge in [-0.05, 0) is 39.1 Å². The van der Waals surface area contributed by atoms with Crippen LogP contribution in [0.5, 0.6) is 5.75 Å². The molecule has 0 spiro atoms. The minimum atomic E-state index is 0.185. The second kappa shape index (κ2) is 5.22. The van der Waals surface area contributed by atoms with E-state index in [-0.39, 0.29) is 5.54 Å². The van der Waals surface area contributed by atoms with Crippen molar-refractivity contribution in [2.75, 3.05) is 26.9 Å². The maximum Gasteiger partial charge on any atom is 0.201 e. The summed E-state index contributed by atoms with van der Waals surface area (Å²) in [6.45, 7) is 0.884. The number of ether oxygens (including phenoxy) is 1. The highest BCUT2D eigenvalue weighted by Gasteiger charge is 2.37. The van der Waals surface area contributed by atoms with E-state index in [0.717, 1.165) is 23.3 Å². The lowest BCUT2D eigenvalue weighted by atomic mass is 9.96. The van der Waals surface area contributed by atoms with Crippen LogP contribution in [0.25, 0.3) is 11.0 Å². The van der Waals surface area contributed by atoms with Gasteiger partial charge in [-0.3, -0.25) is 0 Å². The van der Waals surface area contributed by atoms with Crippen molar-refractivity contribution in [1.29, 1.82) is 0 Å². The zero-order valence-corrected chi connectivity index (χ0v) is 13.1. The molecule has 0 saturated heterocycles. The molecule has 1 aliphatic carbocycles. The van der Waals surface area contributed by atoms with Crippen molar-refractivity contribution in [3.8, 4) is 5.75 Å². The molecule has 5 heteroatoms. The number of benzene rings is 1. The predicted octanol–water partition coefficient (Wildman–Crippen LogP) is 2.50. The van der Waals surface area contributed by atoms with Gasteiger partial charge in [0.05, 0.1) is 12.6 Å². The van der Waals surface area contributed by atoms with Gasteiger partial charge in [-0.2, -0.15) is 0 Å². The second-order valence-corrected chi connectivity index (χ2v) is 6.21. The topological polar surface area (TPSA) is 56.3 Å². The van der Waals surface area contributed by atoms with Gasteiger partial charge in [0, 0.05) is 12.1 Å². The van der Waals surface area contributed by atoms with E-state index in [2.05, 4.69) is 34.6 Å². The number of nitrogen functional groups attached to an aromatic ring is 1. The van der Waals surface area contributed by atoms with Crippen LogP contribution < -0.4 is 10.5 Å². The number of rotatable bonds is 4. The van der Waals surface area contributed by atoms with E-state index in [1.54, 1.807) is 7.11 Å². The standard InChI is InChI=1S/C16H24N4O/c1-19(2)16(9-4-5-10-16)11-20-12-7-6-8-13(21-3)14(12)18-15(20)17/h6-8H,4-5,9-11H2,1-3H3,(H2,17,18). The first kappa shape index (κ1) is 14.2. The first-order valence-corrected chi connectivity index (χ1v) is 7.53. The van der Waals surface area contributed by atoms with Crippen LogP contribution in [0.15, 0.2) is 18.2 Å². The summed E-state index contributed by atoms with van der Waals surface area (Å²) in [6, 6.07) is 5.99. The lowest BCUT2D eigenvalue weighted by molar-refractivity contribution is 0.136. The van der Waals surface area contributed by atoms with Crippen LogP contribution in [0.3, 0.4) is 0 Å². The maximum atomic E-state index is 6.19. The first-order valence-electron chi connectivity index (χ1n) is 7.53. The SMILES string of the molecule is COc1cccc2c1nc(N)n2CC1(N(C)C)CCCC1. The smallest absolute Gasteiger partial charge is 0.201 e.